The predicted molar refractivity (Wildman–Crippen MR) is 51.9 cm³/mol. The molecule has 0 aliphatic carbocycles. The molecule has 1 rings (SSSR count). The Morgan fingerprint density at radius 1 is 1.53 bits per heavy atom. The summed E-state index contributed by atoms with van der Waals surface area (Å²) in [6.07, 6.45) is -1.70. The number of phenolic OH excluding ortho intramolecular Hbond substituents is 1. The van der Waals surface area contributed by atoms with Crippen LogP contribution in [-0.4, -0.2) is 28.4 Å². The molecule has 0 unspecified atom stereocenters. The van der Waals surface area contributed by atoms with E-state index < -0.39 is 18.5 Å². The number of carboxylic acid groups (broad SMARTS) is 1. The summed E-state index contributed by atoms with van der Waals surface area (Å²) in [6.45, 7) is 0. The van der Waals surface area contributed by atoms with E-state index in [1.807, 2.05) is 0 Å². The van der Waals surface area contributed by atoms with Gasteiger partial charge in [0.15, 0.2) is 11.5 Å². The van der Waals surface area contributed by atoms with E-state index >= 15 is 0 Å². The topological polar surface area (TPSA) is 87.0 Å². The summed E-state index contributed by atoms with van der Waals surface area (Å²) < 4.78 is 4.83. The highest BCUT2D eigenvalue weighted by molar-refractivity contribution is 5.68. The highest BCUT2D eigenvalue weighted by atomic mass is 16.5. The van der Waals surface area contributed by atoms with Gasteiger partial charge in [-0.3, -0.25) is 4.79 Å². The molecule has 3 N–H and O–H groups in total. The van der Waals surface area contributed by atoms with Crippen molar-refractivity contribution in [2.24, 2.45) is 0 Å². The molecule has 0 fully saturated rings. The Bertz CT molecular complexity index is 361. The minimum Gasteiger partial charge on any atom is -0.504 e. The number of aliphatic hydroxyl groups excluding tert-OH is 1. The minimum absolute atomic E-state index is 0.150. The number of phenols is 1. The SMILES string of the molecule is COc1cccc([C@H](O)CC(=O)O)c1O. The van der Waals surface area contributed by atoms with Crippen molar-refractivity contribution in [1.82, 2.24) is 0 Å². The van der Waals surface area contributed by atoms with Gasteiger partial charge in [0, 0.05) is 5.56 Å². The van der Waals surface area contributed by atoms with Crippen molar-refractivity contribution in [3.63, 3.8) is 0 Å². The summed E-state index contributed by atoms with van der Waals surface area (Å²) in [7, 11) is 1.38. The zero-order chi connectivity index (χ0) is 11.4. The van der Waals surface area contributed by atoms with Gasteiger partial charge in [-0.25, -0.2) is 0 Å². The van der Waals surface area contributed by atoms with Gasteiger partial charge in [0.2, 0.25) is 0 Å². The first-order valence-electron chi connectivity index (χ1n) is 4.32. The van der Waals surface area contributed by atoms with Gasteiger partial charge in [-0.1, -0.05) is 12.1 Å². The van der Waals surface area contributed by atoms with Gasteiger partial charge in [-0.2, -0.15) is 0 Å². The maximum atomic E-state index is 10.4. The van der Waals surface area contributed by atoms with E-state index in [1.165, 1.54) is 19.2 Å². The molecule has 0 aromatic heterocycles. The second-order valence-corrected chi connectivity index (χ2v) is 3.01. The standard InChI is InChI=1S/C10H12O5/c1-15-8-4-2-3-6(10(8)14)7(11)5-9(12)13/h2-4,7,11,14H,5H2,1H3,(H,12,13)/t7-/m1/s1. The Kier molecular flexibility index (Phi) is 3.51. The number of hydrogen-bond acceptors (Lipinski definition) is 4. The van der Waals surface area contributed by atoms with E-state index in [-0.39, 0.29) is 17.1 Å². The quantitative estimate of drug-likeness (QED) is 0.690. The minimum atomic E-state index is -1.24. The molecule has 1 atom stereocenters. The van der Waals surface area contributed by atoms with Crippen LogP contribution in [0.1, 0.15) is 18.1 Å². The zero-order valence-corrected chi connectivity index (χ0v) is 8.17. The van der Waals surface area contributed by atoms with Gasteiger partial charge in [0.25, 0.3) is 0 Å². The fraction of sp³-hybridized carbons (Fsp3) is 0.300. The van der Waals surface area contributed by atoms with Crippen LogP contribution in [0.4, 0.5) is 0 Å². The van der Waals surface area contributed by atoms with Crippen LogP contribution in [0.2, 0.25) is 0 Å². The van der Waals surface area contributed by atoms with E-state index in [4.69, 9.17) is 9.84 Å². The van der Waals surface area contributed by atoms with Crippen LogP contribution in [0, 0.1) is 0 Å². The highest BCUT2D eigenvalue weighted by Crippen LogP contribution is 2.34. The molecule has 5 heteroatoms. The number of rotatable bonds is 4. The van der Waals surface area contributed by atoms with Crippen molar-refractivity contribution < 1.29 is 24.9 Å². The molecular formula is C10H12O5. The number of carbonyl (C=O) groups is 1. The fourth-order valence-corrected chi connectivity index (χ4v) is 1.25. The molecule has 1 aromatic carbocycles. The number of methoxy groups -OCH3 is 1. The predicted octanol–water partition coefficient (Wildman–Crippen LogP) is 0.909. The average molecular weight is 212 g/mol. The van der Waals surface area contributed by atoms with Gasteiger partial charge in [0.05, 0.1) is 19.6 Å². The molecule has 0 aliphatic rings. The van der Waals surface area contributed by atoms with Crippen LogP contribution in [0.15, 0.2) is 18.2 Å². The number of hydrogen-bond donors (Lipinski definition) is 3. The number of aliphatic carboxylic acids is 1. The lowest BCUT2D eigenvalue weighted by Gasteiger charge is -2.12. The first-order chi connectivity index (χ1) is 7.06. The average Bonchev–Trinajstić information content (AvgIpc) is 2.17. The second-order valence-electron chi connectivity index (χ2n) is 3.01. The molecule has 0 heterocycles. The third kappa shape index (κ3) is 2.60. The number of carboxylic acids is 1. The third-order valence-electron chi connectivity index (χ3n) is 1.98. The summed E-state index contributed by atoms with van der Waals surface area (Å²) in [6, 6.07) is 4.54. The highest BCUT2D eigenvalue weighted by Gasteiger charge is 2.17. The van der Waals surface area contributed by atoms with Crippen molar-refractivity contribution in [2.45, 2.75) is 12.5 Å². The molecule has 1 aromatic rings. The first-order valence-corrected chi connectivity index (χ1v) is 4.32. The van der Waals surface area contributed by atoms with Gasteiger partial charge < -0.3 is 20.1 Å². The number of benzene rings is 1. The maximum Gasteiger partial charge on any atom is 0.306 e. The Hall–Kier alpha value is -1.75. The molecule has 15 heavy (non-hydrogen) atoms. The Morgan fingerprint density at radius 2 is 2.20 bits per heavy atom. The van der Waals surface area contributed by atoms with Crippen LogP contribution in [0.3, 0.4) is 0 Å². The van der Waals surface area contributed by atoms with E-state index in [0.29, 0.717) is 0 Å². The lowest BCUT2D eigenvalue weighted by atomic mass is 10.1. The van der Waals surface area contributed by atoms with Crippen LogP contribution in [0.25, 0.3) is 0 Å². The molecule has 0 spiro atoms. The van der Waals surface area contributed by atoms with Gasteiger partial charge in [-0.15, -0.1) is 0 Å². The normalized spacial score (nSPS) is 12.1. The summed E-state index contributed by atoms with van der Waals surface area (Å²) in [5.41, 5.74) is 0.150. The van der Waals surface area contributed by atoms with Gasteiger partial charge in [0.1, 0.15) is 0 Å². The fourth-order valence-electron chi connectivity index (χ4n) is 1.25. The van der Waals surface area contributed by atoms with Gasteiger partial charge >= 0.3 is 5.97 Å². The van der Waals surface area contributed by atoms with Crippen LogP contribution >= 0.6 is 0 Å². The molecular weight excluding hydrogens is 200 g/mol. The monoisotopic (exact) mass is 212 g/mol. The van der Waals surface area contributed by atoms with Crippen LogP contribution in [0.5, 0.6) is 11.5 Å². The number of ether oxygens (including phenoxy) is 1. The van der Waals surface area contributed by atoms with E-state index in [2.05, 4.69) is 0 Å². The van der Waals surface area contributed by atoms with Gasteiger partial charge in [-0.05, 0) is 6.07 Å². The molecule has 5 nitrogen and oxygen atoms in total. The zero-order valence-electron chi connectivity index (χ0n) is 8.17. The van der Waals surface area contributed by atoms with Crippen LogP contribution in [-0.2, 0) is 4.79 Å². The summed E-state index contributed by atoms with van der Waals surface area (Å²) in [5, 5.41) is 27.6. The second kappa shape index (κ2) is 4.65. The van der Waals surface area contributed by atoms with E-state index in [1.54, 1.807) is 6.07 Å². The van der Waals surface area contributed by atoms with Crippen molar-refractivity contribution >= 4 is 5.97 Å². The number of aromatic hydroxyl groups is 1. The third-order valence-corrected chi connectivity index (χ3v) is 1.98. The number of aliphatic hydroxyl groups is 1. The summed E-state index contributed by atoms with van der Waals surface area (Å²) in [5.74, 6) is -1.16. The lowest BCUT2D eigenvalue weighted by Crippen LogP contribution is -2.05. The van der Waals surface area contributed by atoms with Crippen molar-refractivity contribution in [1.29, 1.82) is 0 Å². The Labute approximate surface area is 86.5 Å². The molecule has 0 amide bonds. The Balaban J connectivity index is 2.98. The molecule has 0 radical (unpaired) electrons. The molecule has 0 saturated heterocycles. The summed E-state index contributed by atoms with van der Waals surface area (Å²) >= 11 is 0. The van der Waals surface area contributed by atoms with Crippen LogP contribution < -0.4 is 4.74 Å². The number of para-hydroxylation sites is 1. The van der Waals surface area contributed by atoms with Crippen molar-refractivity contribution in [2.75, 3.05) is 7.11 Å². The molecule has 0 aliphatic heterocycles. The van der Waals surface area contributed by atoms with Crippen molar-refractivity contribution in [3.8, 4) is 11.5 Å². The van der Waals surface area contributed by atoms with Crippen molar-refractivity contribution in [3.05, 3.63) is 23.8 Å². The smallest absolute Gasteiger partial charge is 0.306 e. The first kappa shape index (κ1) is 11.3. The molecule has 0 bridgehead atoms. The largest absolute Gasteiger partial charge is 0.504 e. The molecule has 0 saturated carbocycles. The lowest BCUT2D eigenvalue weighted by molar-refractivity contribution is -0.139. The van der Waals surface area contributed by atoms with E-state index in [9.17, 15) is 15.0 Å². The van der Waals surface area contributed by atoms with E-state index in [0.717, 1.165) is 0 Å². The Morgan fingerprint density at radius 3 is 2.73 bits per heavy atom. The molecule has 82 valence electrons. The summed E-state index contributed by atoms with van der Waals surface area (Å²) in [4.78, 5) is 10.4. The maximum absolute atomic E-state index is 10.4.